The van der Waals surface area contributed by atoms with Gasteiger partial charge in [0.25, 0.3) is 0 Å². The van der Waals surface area contributed by atoms with Gasteiger partial charge < -0.3 is 5.73 Å². The van der Waals surface area contributed by atoms with Crippen LogP contribution in [0, 0.1) is 12.8 Å². The van der Waals surface area contributed by atoms with Crippen molar-refractivity contribution in [2.75, 3.05) is 0 Å². The van der Waals surface area contributed by atoms with Crippen molar-refractivity contribution in [3.8, 4) is 0 Å². The monoisotopic (exact) mass is 315 g/mol. The summed E-state index contributed by atoms with van der Waals surface area (Å²) in [5, 5.41) is 0. The topological polar surface area (TPSA) is 26.0 Å². The zero-order valence-electron chi connectivity index (χ0n) is 11.0. The summed E-state index contributed by atoms with van der Waals surface area (Å²) in [5.41, 5.74) is 10.3. The maximum atomic E-state index is 6.43. The first-order valence-corrected chi connectivity index (χ1v) is 7.52. The van der Waals surface area contributed by atoms with Crippen molar-refractivity contribution >= 4 is 15.9 Å². The van der Waals surface area contributed by atoms with Crippen molar-refractivity contribution in [1.29, 1.82) is 0 Å². The smallest absolute Gasteiger partial charge is 0.0330 e. The van der Waals surface area contributed by atoms with Crippen molar-refractivity contribution in [2.24, 2.45) is 11.7 Å². The number of halogens is 1. The molecule has 1 aliphatic carbocycles. The maximum Gasteiger partial charge on any atom is 0.0330 e. The van der Waals surface area contributed by atoms with Gasteiger partial charge in [-0.15, -0.1) is 0 Å². The number of benzene rings is 2. The molecule has 0 amide bonds. The molecule has 0 radical (unpaired) electrons. The largest absolute Gasteiger partial charge is 0.324 e. The number of nitrogens with two attached hydrogens (primary N) is 1. The van der Waals surface area contributed by atoms with Crippen LogP contribution in [-0.4, -0.2) is 0 Å². The van der Waals surface area contributed by atoms with E-state index >= 15 is 0 Å². The average Bonchev–Trinajstić information content (AvgIpc) is 3.22. The van der Waals surface area contributed by atoms with E-state index in [1.165, 1.54) is 23.1 Å². The lowest BCUT2D eigenvalue weighted by atomic mass is 9.99. The minimum atomic E-state index is 0.141. The Morgan fingerprint density at radius 3 is 2.58 bits per heavy atom. The molecule has 0 aromatic heterocycles. The van der Waals surface area contributed by atoms with Crippen LogP contribution < -0.4 is 5.73 Å². The molecule has 2 heteroatoms. The first-order valence-electron chi connectivity index (χ1n) is 6.73. The van der Waals surface area contributed by atoms with E-state index in [9.17, 15) is 0 Å². The van der Waals surface area contributed by atoms with Crippen LogP contribution in [0.15, 0.2) is 53.0 Å². The molecule has 1 saturated carbocycles. The summed E-state index contributed by atoms with van der Waals surface area (Å²) in [5.74, 6) is 1.22. The highest BCUT2D eigenvalue weighted by Crippen LogP contribution is 2.53. The Balaban J connectivity index is 1.76. The summed E-state index contributed by atoms with van der Waals surface area (Å²) in [6.45, 7) is 2.10. The molecule has 2 aromatic carbocycles. The molecule has 98 valence electrons. The Hall–Kier alpha value is -1.12. The quantitative estimate of drug-likeness (QED) is 0.882. The van der Waals surface area contributed by atoms with Crippen LogP contribution in [0.5, 0.6) is 0 Å². The van der Waals surface area contributed by atoms with Gasteiger partial charge in [0.2, 0.25) is 0 Å². The van der Waals surface area contributed by atoms with Gasteiger partial charge in [0.1, 0.15) is 0 Å². The van der Waals surface area contributed by atoms with Crippen LogP contribution in [-0.2, 0) is 0 Å². The highest BCUT2D eigenvalue weighted by molar-refractivity contribution is 9.10. The lowest BCUT2D eigenvalue weighted by Gasteiger charge is -2.13. The van der Waals surface area contributed by atoms with E-state index in [-0.39, 0.29) is 6.04 Å². The molecular formula is C17H18BrN. The number of rotatable bonds is 3. The van der Waals surface area contributed by atoms with Gasteiger partial charge in [0.15, 0.2) is 0 Å². The van der Waals surface area contributed by atoms with Crippen molar-refractivity contribution in [3.05, 3.63) is 69.7 Å². The second-order valence-electron chi connectivity index (χ2n) is 5.45. The fourth-order valence-corrected chi connectivity index (χ4v) is 3.16. The fraction of sp³-hybridized carbons (Fsp3) is 0.294. The Bertz CT molecular complexity index is 579. The molecule has 0 heterocycles. The van der Waals surface area contributed by atoms with Gasteiger partial charge in [-0.1, -0.05) is 58.4 Å². The molecule has 0 bridgehead atoms. The first kappa shape index (κ1) is 12.9. The van der Waals surface area contributed by atoms with Gasteiger partial charge in [0, 0.05) is 10.5 Å². The van der Waals surface area contributed by atoms with Crippen LogP contribution in [0.4, 0.5) is 0 Å². The molecule has 1 fully saturated rings. The summed E-state index contributed by atoms with van der Waals surface area (Å²) in [4.78, 5) is 0. The van der Waals surface area contributed by atoms with Gasteiger partial charge in [-0.2, -0.15) is 0 Å². The van der Waals surface area contributed by atoms with Gasteiger partial charge >= 0.3 is 0 Å². The molecule has 1 aliphatic rings. The van der Waals surface area contributed by atoms with E-state index in [0.717, 1.165) is 4.47 Å². The molecule has 0 spiro atoms. The normalized spacial score (nSPS) is 23.1. The molecule has 0 aliphatic heterocycles. The molecule has 1 nitrogen and oxygen atoms in total. The summed E-state index contributed by atoms with van der Waals surface area (Å²) < 4.78 is 1.15. The molecule has 3 atom stereocenters. The SMILES string of the molecule is Cc1ccc(C(N)C2CC2c2ccccc2)cc1Br. The second kappa shape index (κ2) is 5.10. The Morgan fingerprint density at radius 1 is 1.16 bits per heavy atom. The van der Waals surface area contributed by atoms with Gasteiger partial charge in [-0.05, 0) is 47.9 Å². The van der Waals surface area contributed by atoms with Gasteiger partial charge in [-0.3, -0.25) is 0 Å². The van der Waals surface area contributed by atoms with Crippen LogP contribution in [0.3, 0.4) is 0 Å². The zero-order valence-corrected chi connectivity index (χ0v) is 12.6. The molecule has 3 rings (SSSR count). The fourth-order valence-electron chi connectivity index (χ4n) is 2.76. The summed E-state index contributed by atoms with van der Waals surface area (Å²) >= 11 is 3.59. The summed E-state index contributed by atoms with van der Waals surface area (Å²) in [6.07, 6.45) is 1.21. The van der Waals surface area contributed by atoms with E-state index in [1.807, 2.05) is 0 Å². The molecule has 2 aromatic rings. The average molecular weight is 316 g/mol. The molecule has 19 heavy (non-hydrogen) atoms. The van der Waals surface area contributed by atoms with E-state index in [1.54, 1.807) is 0 Å². The standard InChI is InChI=1S/C17H18BrN/c1-11-7-8-13(9-16(11)18)17(19)15-10-14(15)12-5-3-2-4-6-12/h2-9,14-15,17H,10,19H2,1H3. The summed E-state index contributed by atoms with van der Waals surface area (Å²) in [7, 11) is 0. The van der Waals surface area contributed by atoms with E-state index in [4.69, 9.17) is 5.73 Å². The predicted octanol–water partition coefficient (Wildman–Crippen LogP) is 4.56. The molecule has 3 unspecified atom stereocenters. The van der Waals surface area contributed by atoms with Crippen LogP contribution in [0.25, 0.3) is 0 Å². The third kappa shape index (κ3) is 2.60. The van der Waals surface area contributed by atoms with Gasteiger partial charge in [-0.25, -0.2) is 0 Å². The molecular weight excluding hydrogens is 298 g/mol. The minimum Gasteiger partial charge on any atom is -0.324 e. The van der Waals surface area contributed by atoms with Crippen molar-refractivity contribution in [3.63, 3.8) is 0 Å². The van der Waals surface area contributed by atoms with E-state index in [0.29, 0.717) is 11.8 Å². The highest BCUT2D eigenvalue weighted by atomic mass is 79.9. The highest BCUT2D eigenvalue weighted by Gasteiger charge is 2.42. The first-order chi connectivity index (χ1) is 9.16. The lowest BCUT2D eigenvalue weighted by molar-refractivity contribution is 0.615. The molecule has 2 N–H and O–H groups in total. The lowest BCUT2D eigenvalue weighted by Crippen LogP contribution is -2.13. The Morgan fingerprint density at radius 2 is 1.89 bits per heavy atom. The number of hydrogen-bond donors (Lipinski definition) is 1. The maximum absolute atomic E-state index is 6.43. The predicted molar refractivity (Wildman–Crippen MR) is 83.1 cm³/mol. The Kier molecular flexibility index (Phi) is 3.46. The van der Waals surface area contributed by atoms with Crippen molar-refractivity contribution in [2.45, 2.75) is 25.3 Å². The Labute approximate surface area is 123 Å². The summed E-state index contributed by atoms with van der Waals surface area (Å²) in [6, 6.07) is 17.3. The number of aryl methyl sites for hydroxylation is 1. The minimum absolute atomic E-state index is 0.141. The van der Waals surface area contributed by atoms with E-state index in [2.05, 4.69) is 71.4 Å². The van der Waals surface area contributed by atoms with E-state index < -0.39 is 0 Å². The number of hydrogen-bond acceptors (Lipinski definition) is 1. The molecule has 0 saturated heterocycles. The van der Waals surface area contributed by atoms with Crippen molar-refractivity contribution < 1.29 is 0 Å². The van der Waals surface area contributed by atoms with Crippen LogP contribution in [0.2, 0.25) is 0 Å². The third-order valence-electron chi connectivity index (χ3n) is 4.11. The zero-order chi connectivity index (χ0) is 13.4. The van der Waals surface area contributed by atoms with Crippen molar-refractivity contribution in [1.82, 2.24) is 0 Å². The second-order valence-corrected chi connectivity index (χ2v) is 6.31. The van der Waals surface area contributed by atoms with Crippen LogP contribution in [0.1, 0.15) is 35.1 Å². The third-order valence-corrected chi connectivity index (χ3v) is 4.96. The van der Waals surface area contributed by atoms with Gasteiger partial charge in [0.05, 0.1) is 0 Å². The van der Waals surface area contributed by atoms with Crippen LogP contribution >= 0.6 is 15.9 Å².